The summed E-state index contributed by atoms with van der Waals surface area (Å²) in [6.45, 7) is 4.25. The largest absolute Gasteiger partial charge is 0.480 e. The van der Waals surface area contributed by atoms with Gasteiger partial charge in [0.2, 0.25) is 23.6 Å². The van der Waals surface area contributed by atoms with Gasteiger partial charge in [0.25, 0.3) is 0 Å². The molecule has 4 atom stereocenters. The first-order valence-corrected chi connectivity index (χ1v) is 12.1. The lowest BCUT2D eigenvalue weighted by Crippen LogP contribution is -2.57. The summed E-state index contributed by atoms with van der Waals surface area (Å²) in [5.74, 6) is -3.56. The highest BCUT2D eigenvalue weighted by Crippen LogP contribution is 2.20. The number of hydrogen-bond acceptors (Lipinski definition) is 7. The molecule has 0 radical (unpaired) electrons. The number of aliphatic imine (C=N–C) groups is 1. The quantitative estimate of drug-likeness (QED) is 0.0708. The second-order valence-electron chi connectivity index (χ2n) is 9.34. The Morgan fingerprint density at radius 3 is 2.28 bits per heavy atom. The molecule has 14 heteroatoms. The highest BCUT2D eigenvalue weighted by Gasteiger charge is 2.39. The summed E-state index contributed by atoms with van der Waals surface area (Å²) in [6.07, 6.45) is 1.43. The molecule has 1 aliphatic rings. The minimum atomic E-state index is -1.23. The first kappa shape index (κ1) is 30.6. The number of nitrogens with one attached hydrogen (secondary N) is 2. The number of hydrogen-bond donors (Lipinski definition) is 7. The van der Waals surface area contributed by atoms with Crippen LogP contribution in [0, 0.1) is 5.92 Å². The summed E-state index contributed by atoms with van der Waals surface area (Å²) >= 11 is 0. The lowest BCUT2D eigenvalue weighted by atomic mass is 10.0. The highest BCUT2D eigenvalue weighted by atomic mass is 16.4. The predicted molar refractivity (Wildman–Crippen MR) is 132 cm³/mol. The fourth-order valence-corrected chi connectivity index (χ4v) is 3.97. The molecule has 1 heterocycles. The molecular formula is C22H40N8O6. The Morgan fingerprint density at radius 1 is 1.06 bits per heavy atom. The zero-order valence-corrected chi connectivity index (χ0v) is 20.9. The number of amides is 4. The number of carbonyl (C=O) groups is 5. The zero-order valence-electron chi connectivity index (χ0n) is 20.9. The average Bonchev–Trinajstić information content (AvgIpc) is 3.27. The van der Waals surface area contributed by atoms with Crippen LogP contribution in [-0.2, 0) is 24.0 Å². The van der Waals surface area contributed by atoms with Gasteiger partial charge in [0.1, 0.15) is 18.1 Å². The van der Waals surface area contributed by atoms with Crippen molar-refractivity contribution in [3.8, 4) is 0 Å². The Bertz CT molecular complexity index is 829. The van der Waals surface area contributed by atoms with Crippen LogP contribution >= 0.6 is 0 Å². The van der Waals surface area contributed by atoms with Gasteiger partial charge in [-0.05, 0) is 44.4 Å². The van der Waals surface area contributed by atoms with Crippen LogP contribution in [0.4, 0.5) is 0 Å². The first-order valence-electron chi connectivity index (χ1n) is 12.1. The van der Waals surface area contributed by atoms with Crippen LogP contribution < -0.4 is 33.6 Å². The van der Waals surface area contributed by atoms with E-state index in [1.165, 1.54) is 4.90 Å². The van der Waals surface area contributed by atoms with Gasteiger partial charge in [-0.1, -0.05) is 13.8 Å². The summed E-state index contributed by atoms with van der Waals surface area (Å²) < 4.78 is 0. The summed E-state index contributed by atoms with van der Waals surface area (Å²) in [5, 5.41) is 14.6. The van der Waals surface area contributed by atoms with Crippen molar-refractivity contribution >= 4 is 35.6 Å². The number of nitrogens with two attached hydrogens (primary N) is 4. The van der Waals surface area contributed by atoms with Gasteiger partial charge in [-0.25, -0.2) is 4.79 Å². The molecule has 0 aromatic rings. The molecule has 14 nitrogen and oxygen atoms in total. The van der Waals surface area contributed by atoms with Gasteiger partial charge in [0, 0.05) is 19.5 Å². The fraction of sp³-hybridized carbons (Fsp3) is 0.727. The Kier molecular flexibility index (Phi) is 12.6. The van der Waals surface area contributed by atoms with E-state index in [9.17, 15) is 29.1 Å². The Labute approximate surface area is 210 Å². The summed E-state index contributed by atoms with van der Waals surface area (Å²) in [5.41, 5.74) is 21.7. The van der Waals surface area contributed by atoms with Gasteiger partial charge >= 0.3 is 5.97 Å². The lowest BCUT2D eigenvalue weighted by Gasteiger charge is -2.30. The molecule has 1 aliphatic heterocycles. The molecule has 0 aliphatic carbocycles. The molecule has 0 unspecified atom stereocenters. The van der Waals surface area contributed by atoms with E-state index in [4.69, 9.17) is 22.9 Å². The van der Waals surface area contributed by atoms with Crippen LogP contribution in [0.15, 0.2) is 4.99 Å². The van der Waals surface area contributed by atoms with Crippen molar-refractivity contribution in [2.45, 2.75) is 83.0 Å². The molecule has 36 heavy (non-hydrogen) atoms. The molecule has 204 valence electrons. The topological polar surface area (TPSA) is 249 Å². The van der Waals surface area contributed by atoms with Gasteiger partial charge in [0.05, 0.1) is 6.04 Å². The number of likely N-dealkylation sites (tertiary alicyclic amines) is 1. The van der Waals surface area contributed by atoms with E-state index in [-0.39, 0.29) is 44.2 Å². The van der Waals surface area contributed by atoms with Crippen molar-refractivity contribution in [2.24, 2.45) is 33.8 Å². The van der Waals surface area contributed by atoms with Crippen molar-refractivity contribution in [3.63, 3.8) is 0 Å². The number of carbonyl (C=O) groups excluding carboxylic acids is 4. The van der Waals surface area contributed by atoms with E-state index in [1.54, 1.807) is 0 Å². The normalized spacial score (nSPS) is 17.7. The van der Waals surface area contributed by atoms with Gasteiger partial charge in [0.15, 0.2) is 5.96 Å². The summed E-state index contributed by atoms with van der Waals surface area (Å²) in [7, 11) is 0. The number of guanidine groups is 1. The average molecular weight is 513 g/mol. The molecule has 1 rings (SSSR count). The molecule has 0 saturated carbocycles. The maximum atomic E-state index is 13.3. The van der Waals surface area contributed by atoms with Crippen molar-refractivity contribution < 1.29 is 29.1 Å². The molecule has 0 spiro atoms. The third-order valence-electron chi connectivity index (χ3n) is 5.75. The maximum Gasteiger partial charge on any atom is 0.326 e. The van der Waals surface area contributed by atoms with Crippen molar-refractivity contribution in [1.29, 1.82) is 0 Å². The van der Waals surface area contributed by atoms with Crippen LogP contribution in [0.1, 0.15) is 58.8 Å². The first-order chi connectivity index (χ1) is 16.8. The van der Waals surface area contributed by atoms with E-state index in [0.717, 1.165) is 0 Å². The summed E-state index contributed by atoms with van der Waals surface area (Å²) in [6, 6.07) is -4.06. The van der Waals surface area contributed by atoms with E-state index in [1.807, 2.05) is 13.8 Å². The molecule has 1 fully saturated rings. The Balaban J connectivity index is 2.92. The van der Waals surface area contributed by atoms with Crippen LogP contribution in [0.3, 0.4) is 0 Å². The molecule has 4 amide bonds. The molecule has 0 bridgehead atoms. The van der Waals surface area contributed by atoms with Gasteiger partial charge in [-0.3, -0.25) is 24.2 Å². The van der Waals surface area contributed by atoms with Crippen molar-refractivity contribution in [1.82, 2.24) is 15.5 Å². The zero-order chi connectivity index (χ0) is 27.4. The number of rotatable bonds is 15. The number of primary amides is 1. The molecule has 11 N–H and O–H groups in total. The minimum absolute atomic E-state index is 0.0539. The summed E-state index contributed by atoms with van der Waals surface area (Å²) in [4.78, 5) is 66.9. The highest BCUT2D eigenvalue weighted by molar-refractivity contribution is 5.94. The monoisotopic (exact) mass is 512 g/mol. The second kappa shape index (κ2) is 14.9. The standard InChI is InChI=1S/C22H40N8O6/c1-12(2)11-13(23)18(32)28-14(7-8-17(24)31)20(34)30-10-4-6-16(30)19(33)29-15(21(35)36)5-3-9-27-22(25)26/h12-16H,3-11,23H2,1-2H3,(H2,24,31)(H,28,32)(H,29,33)(H,35,36)(H4,25,26,27)/t13-,14+,15+,16+/m1/s1. The maximum absolute atomic E-state index is 13.3. The number of carboxylic acids is 1. The minimum Gasteiger partial charge on any atom is -0.480 e. The van der Waals surface area contributed by atoms with E-state index < -0.39 is 53.8 Å². The Hall–Kier alpha value is -3.42. The van der Waals surface area contributed by atoms with Crippen LogP contribution in [0.5, 0.6) is 0 Å². The van der Waals surface area contributed by atoms with Crippen LogP contribution in [-0.4, -0.2) is 82.8 Å². The third-order valence-corrected chi connectivity index (χ3v) is 5.75. The predicted octanol–water partition coefficient (Wildman–Crippen LogP) is -2.28. The molecular weight excluding hydrogens is 472 g/mol. The smallest absolute Gasteiger partial charge is 0.326 e. The third kappa shape index (κ3) is 10.5. The van der Waals surface area contributed by atoms with Crippen molar-refractivity contribution in [2.75, 3.05) is 13.1 Å². The van der Waals surface area contributed by atoms with Crippen LogP contribution in [0.25, 0.3) is 0 Å². The number of carboxylic acid groups (broad SMARTS) is 1. The van der Waals surface area contributed by atoms with E-state index in [2.05, 4.69) is 15.6 Å². The van der Waals surface area contributed by atoms with Gasteiger partial charge < -0.3 is 43.6 Å². The van der Waals surface area contributed by atoms with Gasteiger partial charge in [-0.15, -0.1) is 0 Å². The van der Waals surface area contributed by atoms with Crippen molar-refractivity contribution in [3.05, 3.63) is 0 Å². The fourth-order valence-electron chi connectivity index (χ4n) is 3.97. The molecule has 1 saturated heterocycles. The molecule has 0 aromatic carbocycles. The van der Waals surface area contributed by atoms with E-state index in [0.29, 0.717) is 25.7 Å². The van der Waals surface area contributed by atoms with E-state index >= 15 is 0 Å². The number of aliphatic carboxylic acids is 1. The lowest BCUT2D eigenvalue weighted by molar-refractivity contribution is -0.145. The van der Waals surface area contributed by atoms with Gasteiger partial charge in [-0.2, -0.15) is 0 Å². The SMILES string of the molecule is CC(C)C[C@@H](N)C(=O)N[C@@H](CCC(N)=O)C(=O)N1CCC[C@H]1C(=O)N[C@@H](CCCN=C(N)N)C(=O)O. The number of nitrogens with zero attached hydrogens (tertiary/aromatic N) is 2. The van der Waals surface area contributed by atoms with Crippen LogP contribution in [0.2, 0.25) is 0 Å². The molecule has 0 aromatic heterocycles. The second-order valence-corrected chi connectivity index (χ2v) is 9.34. The Morgan fingerprint density at radius 2 is 1.72 bits per heavy atom.